The highest BCUT2D eigenvalue weighted by Gasteiger charge is 2.09. The summed E-state index contributed by atoms with van der Waals surface area (Å²) < 4.78 is 5.20. The van der Waals surface area contributed by atoms with Crippen molar-refractivity contribution in [3.63, 3.8) is 0 Å². The van der Waals surface area contributed by atoms with Crippen LogP contribution in [0.25, 0.3) is 22.1 Å². The fourth-order valence-corrected chi connectivity index (χ4v) is 2.32. The molecule has 1 heterocycles. The number of para-hydroxylation sites is 1. The molecule has 3 nitrogen and oxygen atoms in total. The van der Waals surface area contributed by atoms with Gasteiger partial charge in [-0.05, 0) is 35.7 Å². The van der Waals surface area contributed by atoms with Crippen LogP contribution in [0.15, 0.2) is 63.8 Å². The minimum atomic E-state index is -0.540. The topological polar surface area (TPSA) is 50.4 Å². The van der Waals surface area contributed by atoms with E-state index >= 15 is 0 Å². The molecule has 2 aromatic carbocycles. The average Bonchev–Trinajstić information content (AvgIpc) is 2.46. The summed E-state index contributed by atoms with van der Waals surface area (Å²) in [5.41, 5.74) is 2.73. The maximum absolute atomic E-state index is 11.7. The van der Waals surface area contributed by atoms with Crippen molar-refractivity contribution in [1.29, 1.82) is 0 Å². The molecule has 0 saturated carbocycles. The fourth-order valence-electron chi connectivity index (χ4n) is 2.32. The summed E-state index contributed by atoms with van der Waals surface area (Å²) in [6.45, 7) is 1.72. The third-order valence-electron chi connectivity index (χ3n) is 3.33. The average molecular weight is 266 g/mol. The molecule has 1 aromatic heterocycles. The lowest BCUT2D eigenvalue weighted by Gasteiger charge is -2.09. The second-order valence-electron chi connectivity index (χ2n) is 4.78. The summed E-state index contributed by atoms with van der Waals surface area (Å²) in [5.74, 6) is 0. The van der Waals surface area contributed by atoms with Crippen LogP contribution in [0.2, 0.25) is 0 Å². The third-order valence-corrected chi connectivity index (χ3v) is 3.33. The number of hydrogen-bond acceptors (Lipinski definition) is 3. The van der Waals surface area contributed by atoms with Gasteiger partial charge < -0.3 is 9.52 Å². The second-order valence-corrected chi connectivity index (χ2v) is 4.78. The van der Waals surface area contributed by atoms with Gasteiger partial charge in [-0.2, -0.15) is 0 Å². The van der Waals surface area contributed by atoms with Crippen LogP contribution >= 0.6 is 0 Å². The summed E-state index contributed by atoms with van der Waals surface area (Å²) >= 11 is 0. The first kappa shape index (κ1) is 12.6. The Bertz CT molecular complexity index is 816. The fraction of sp³-hybridized carbons (Fsp3) is 0.118. The van der Waals surface area contributed by atoms with Gasteiger partial charge in [0.1, 0.15) is 5.58 Å². The van der Waals surface area contributed by atoms with Crippen LogP contribution in [-0.2, 0) is 0 Å². The van der Waals surface area contributed by atoms with Gasteiger partial charge in [-0.1, -0.05) is 36.4 Å². The zero-order valence-electron chi connectivity index (χ0n) is 11.0. The monoisotopic (exact) mass is 266 g/mol. The highest BCUT2D eigenvalue weighted by atomic mass is 16.4. The van der Waals surface area contributed by atoms with Crippen LogP contribution in [0.4, 0.5) is 0 Å². The maximum atomic E-state index is 11.7. The van der Waals surface area contributed by atoms with Crippen molar-refractivity contribution in [2.45, 2.75) is 13.0 Å². The molecule has 3 aromatic rings. The van der Waals surface area contributed by atoms with E-state index in [4.69, 9.17) is 4.42 Å². The van der Waals surface area contributed by atoms with Crippen molar-refractivity contribution >= 4 is 11.0 Å². The second kappa shape index (κ2) is 4.94. The Labute approximate surface area is 116 Å². The maximum Gasteiger partial charge on any atom is 0.336 e. The Balaban J connectivity index is 2.29. The predicted molar refractivity (Wildman–Crippen MR) is 78.6 cm³/mol. The van der Waals surface area contributed by atoms with Crippen molar-refractivity contribution in [2.24, 2.45) is 0 Å². The van der Waals surface area contributed by atoms with Crippen molar-refractivity contribution in [1.82, 2.24) is 0 Å². The Morgan fingerprint density at radius 1 is 1.05 bits per heavy atom. The van der Waals surface area contributed by atoms with Gasteiger partial charge in [-0.25, -0.2) is 4.79 Å². The van der Waals surface area contributed by atoms with E-state index < -0.39 is 6.10 Å². The molecule has 1 unspecified atom stereocenters. The van der Waals surface area contributed by atoms with E-state index in [1.165, 1.54) is 6.07 Å². The van der Waals surface area contributed by atoms with Gasteiger partial charge in [-0.15, -0.1) is 0 Å². The molecular formula is C17H14O3. The first-order valence-electron chi connectivity index (χ1n) is 6.46. The molecule has 3 heteroatoms. The molecule has 0 spiro atoms. The Morgan fingerprint density at radius 2 is 1.85 bits per heavy atom. The molecule has 1 N–H and O–H groups in total. The Hall–Kier alpha value is -2.39. The molecule has 100 valence electrons. The van der Waals surface area contributed by atoms with Crippen LogP contribution in [0.1, 0.15) is 18.6 Å². The van der Waals surface area contributed by atoms with Crippen LogP contribution < -0.4 is 5.63 Å². The number of rotatable bonds is 2. The molecule has 0 amide bonds. The first-order valence-corrected chi connectivity index (χ1v) is 6.46. The quantitative estimate of drug-likeness (QED) is 0.722. The van der Waals surface area contributed by atoms with Gasteiger partial charge in [-0.3, -0.25) is 0 Å². The Morgan fingerprint density at radius 3 is 2.65 bits per heavy atom. The van der Waals surface area contributed by atoms with Crippen LogP contribution in [0.5, 0.6) is 0 Å². The van der Waals surface area contributed by atoms with Crippen molar-refractivity contribution < 1.29 is 9.52 Å². The molecule has 1 atom stereocenters. The van der Waals surface area contributed by atoms with E-state index in [0.29, 0.717) is 5.58 Å². The summed E-state index contributed by atoms with van der Waals surface area (Å²) in [4.78, 5) is 11.7. The molecule has 0 aliphatic heterocycles. The summed E-state index contributed by atoms with van der Waals surface area (Å²) in [6, 6.07) is 16.5. The lowest BCUT2D eigenvalue weighted by molar-refractivity contribution is 0.199. The van der Waals surface area contributed by atoms with Gasteiger partial charge in [0.2, 0.25) is 0 Å². The summed E-state index contributed by atoms with van der Waals surface area (Å²) in [7, 11) is 0. The van der Waals surface area contributed by atoms with E-state index in [0.717, 1.165) is 22.1 Å². The predicted octanol–water partition coefficient (Wildman–Crippen LogP) is 3.51. The van der Waals surface area contributed by atoms with Gasteiger partial charge in [0.25, 0.3) is 0 Å². The van der Waals surface area contributed by atoms with Crippen LogP contribution in [-0.4, -0.2) is 5.11 Å². The van der Waals surface area contributed by atoms with E-state index in [9.17, 15) is 9.90 Å². The van der Waals surface area contributed by atoms with Gasteiger partial charge in [0, 0.05) is 11.5 Å². The lowest BCUT2D eigenvalue weighted by Crippen LogP contribution is -1.98. The largest absolute Gasteiger partial charge is 0.423 e. The number of fused-ring (bicyclic) bond motifs is 1. The molecule has 0 saturated heterocycles. The summed E-state index contributed by atoms with van der Waals surface area (Å²) in [5, 5.41) is 10.6. The first-order chi connectivity index (χ1) is 9.65. The highest BCUT2D eigenvalue weighted by Crippen LogP contribution is 2.28. The molecule has 20 heavy (non-hydrogen) atoms. The zero-order chi connectivity index (χ0) is 14.1. The molecule has 0 radical (unpaired) electrons. The highest BCUT2D eigenvalue weighted by molar-refractivity contribution is 5.93. The van der Waals surface area contributed by atoms with E-state index in [1.54, 1.807) is 13.0 Å². The van der Waals surface area contributed by atoms with Gasteiger partial charge in [0.05, 0.1) is 6.10 Å². The number of aliphatic hydroxyl groups is 1. The van der Waals surface area contributed by atoms with Crippen molar-refractivity contribution in [3.05, 3.63) is 70.6 Å². The van der Waals surface area contributed by atoms with Crippen LogP contribution in [0.3, 0.4) is 0 Å². The number of aliphatic hydroxyl groups excluding tert-OH is 1. The molecule has 3 rings (SSSR count). The lowest BCUT2D eigenvalue weighted by atomic mass is 9.99. The zero-order valence-corrected chi connectivity index (χ0v) is 11.0. The van der Waals surface area contributed by atoms with Crippen LogP contribution in [0, 0.1) is 0 Å². The smallest absolute Gasteiger partial charge is 0.336 e. The SMILES string of the molecule is CC(O)c1cccc(-c2cc(=O)oc3ccccc23)c1. The molecule has 0 aliphatic rings. The number of hydrogen-bond donors (Lipinski definition) is 1. The number of benzene rings is 2. The van der Waals surface area contributed by atoms with Crippen molar-refractivity contribution in [2.75, 3.05) is 0 Å². The van der Waals surface area contributed by atoms with E-state index in [-0.39, 0.29) is 5.63 Å². The minimum Gasteiger partial charge on any atom is -0.423 e. The van der Waals surface area contributed by atoms with Gasteiger partial charge in [0.15, 0.2) is 0 Å². The Kier molecular flexibility index (Phi) is 3.12. The molecule has 0 fully saturated rings. The standard InChI is InChI=1S/C17H14O3/c1-11(18)12-5-4-6-13(9-12)15-10-17(19)20-16-8-3-2-7-14(15)16/h2-11,18H,1H3. The van der Waals surface area contributed by atoms with E-state index in [1.807, 2.05) is 42.5 Å². The summed E-state index contributed by atoms with van der Waals surface area (Å²) in [6.07, 6.45) is -0.540. The third kappa shape index (κ3) is 2.24. The van der Waals surface area contributed by atoms with Crippen molar-refractivity contribution in [3.8, 4) is 11.1 Å². The van der Waals surface area contributed by atoms with Gasteiger partial charge >= 0.3 is 5.63 Å². The minimum absolute atomic E-state index is 0.374. The molecular weight excluding hydrogens is 252 g/mol. The normalized spacial score (nSPS) is 12.5. The molecule has 0 bridgehead atoms. The van der Waals surface area contributed by atoms with E-state index in [2.05, 4.69) is 0 Å². The molecule has 0 aliphatic carbocycles.